The van der Waals surface area contributed by atoms with Crippen LogP contribution in [0.1, 0.15) is 12.8 Å². The van der Waals surface area contributed by atoms with Crippen LogP contribution in [-0.4, -0.2) is 22.7 Å². The zero-order valence-electron chi connectivity index (χ0n) is 7.68. The number of nitrogens with zero attached hydrogens (tertiary/aromatic N) is 2. The van der Waals surface area contributed by atoms with Crippen LogP contribution >= 0.6 is 11.6 Å². The molecule has 0 aromatic carbocycles. The van der Waals surface area contributed by atoms with Gasteiger partial charge in [-0.3, -0.25) is 0 Å². The predicted molar refractivity (Wildman–Crippen MR) is 50.8 cm³/mol. The highest BCUT2D eigenvalue weighted by Crippen LogP contribution is 2.21. The summed E-state index contributed by atoms with van der Waals surface area (Å²) in [7, 11) is 0. The van der Waals surface area contributed by atoms with E-state index in [1.807, 2.05) is 0 Å². The molecule has 0 aliphatic heterocycles. The smallest absolute Gasteiger partial charge is 0.369 e. The topological polar surface area (TPSA) is 37.8 Å². The largest absolute Gasteiger partial charge is 0.389 e. The minimum absolute atomic E-state index is 0.0101. The fraction of sp³-hybridized carbons (Fsp3) is 0.500. The van der Waals surface area contributed by atoms with Crippen molar-refractivity contribution in [2.45, 2.75) is 19.0 Å². The van der Waals surface area contributed by atoms with Crippen LogP contribution in [-0.2, 0) is 0 Å². The van der Waals surface area contributed by atoms with Crippen molar-refractivity contribution in [1.29, 1.82) is 0 Å². The zero-order valence-corrected chi connectivity index (χ0v) is 8.44. The van der Waals surface area contributed by atoms with Crippen molar-refractivity contribution in [3.63, 3.8) is 0 Å². The van der Waals surface area contributed by atoms with Gasteiger partial charge in [0.1, 0.15) is 17.2 Å². The van der Waals surface area contributed by atoms with Gasteiger partial charge in [0.25, 0.3) is 0 Å². The highest BCUT2D eigenvalue weighted by Gasteiger charge is 2.25. The second kappa shape index (κ2) is 5.16. The van der Waals surface area contributed by atoms with Crippen LogP contribution in [0, 0.1) is 0 Å². The summed E-state index contributed by atoms with van der Waals surface area (Å²) in [5.41, 5.74) is 0. The number of alkyl halides is 3. The van der Waals surface area contributed by atoms with E-state index in [1.165, 1.54) is 12.5 Å². The third-order valence-electron chi connectivity index (χ3n) is 1.60. The second-order valence-corrected chi connectivity index (χ2v) is 3.27. The first-order valence-corrected chi connectivity index (χ1v) is 4.63. The lowest BCUT2D eigenvalue weighted by Gasteiger charge is -2.08. The minimum Gasteiger partial charge on any atom is -0.369 e. The molecule has 1 rings (SSSR count). The third-order valence-corrected chi connectivity index (χ3v) is 1.87. The summed E-state index contributed by atoms with van der Waals surface area (Å²) in [5, 5.41) is 3.00. The summed E-state index contributed by atoms with van der Waals surface area (Å²) >= 11 is 5.68. The van der Waals surface area contributed by atoms with E-state index < -0.39 is 12.6 Å². The van der Waals surface area contributed by atoms with Crippen molar-refractivity contribution in [3.05, 3.63) is 17.5 Å². The average molecular weight is 240 g/mol. The van der Waals surface area contributed by atoms with E-state index in [9.17, 15) is 13.2 Å². The molecule has 7 heteroatoms. The van der Waals surface area contributed by atoms with Crippen molar-refractivity contribution in [2.24, 2.45) is 0 Å². The molecule has 1 heterocycles. The number of hydrogen-bond acceptors (Lipinski definition) is 3. The fourth-order valence-electron chi connectivity index (χ4n) is 0.938. The molecule has 0 saturated heterocycles. The number of halogens is 4. The Kier molecular flexibility index (Phi) is 4.14. The van der Waals surface area contributed by atoms with Crippen LogP contribution in [0.15, 0.2) is 12.5 Å². The van der Waals surface area contributed by atoms with Crippen molar-refractivity contribution in [3.8, 4) is 0 Å². The molecule has 0 amide bonds. The van der Waals surface area contributed by atoms with E-state index in [0.717, 1.165) is 0 Å². The lowest BCUT2D eigenvalue weighted by atomic mass is 10.3. The van der Waals surface area contributed by atoms with E-state index in [1.54, 1.807) is 0 Å². The standard InChI is InChI=1S/C8H9ClF3N3/c9-6-4-13-5-15-7(6)14-3-1-2-8(10,11)12/h4-5H,1-3H2,(H,13,14,15). The molecule has 84 valence electrons. The van der Waals surface area contributed by atoms with Crippen molar-refractivity contribution in [1.82, 2.24) is 9.97 Å². The number of aromatic nitrogens is 2. The van der Waals surface area contributed by atoms with Gasteiger partial charge in [-0.15, -0.1) is 0 Å². The van der Waals surface area contributed by atoms with E-state index in [-0.39, 0.29) is 13.0 Å². The number of hydrogen-bond donors (Lipinski definition) is 1. The van der Waals surface area contributed by atoms with Gasteiger partial charge in [0, 0.05) is 13.0 Å². The van der Waals surface area contributed by atoms with E-state index in [4.69, 9.17) is 11.6 Å². The molecule has 1 aromatic rings. The summed E-state index contributed by atoms with van der Waals surface area (Å²) in [6.45, 7) is 0.177. The summed E-state index contributed by atoms with van der Waals surface area (Å²) in [6.07, 6.45) is -2.29. The molecule has 0 spiro atoms. The third kappa shape index (κ3) is 4.83. The summed E-state index contributed by atoms with van der Waals surface area (Å²) < 4.78 is 35.3. The lowest BCUT2D eigenvalue weighted by molar-refractivity contribution is -0.134. The summed E-state index contributed by atoms with van der Waals surface area (Å²) in [5.74, 6) is 0.355. The van der Waals surface area contributed by atoms with Crippen LogP contribution < -0.4 is 5.32 Å². The molecule has 0 saturated carbocycles. The quantitative estimate of drug-likeness (QED) is 0.821. The molecule has 1 aromatic heterocycles. The van der Waals surface area contributed by atoms with Gasteiger partial charge in [0.15, 0.2) is 0 Å². The molecular weight excluding hydrogens is 231 g/mol. The second-order valence-electron chi connectivity index (χ2n) is 2.86. The normalized spacial score (nSPS) is 11.5. The predicted octanol–water partition coefficient (Wildman–Crippen LogP) is 2.88. The van der Waals surface area contributed by atoms with E-state index in [2.05, 4.69) is 15.3 Å². The first-order chi connectivity index (χ1) is 6.99. The highest BCUT2D eigenvalue weighted by atomic mass is 35.5. The first-order valence-electron chi connectivity index (χ1n) is 4.25. The SMILES string of the molecule is FC(F)(F)CCCNc1ncncc1Cl. The molecule has 0 aliphatic rings. The molecule has 0 fully saturated rings. The minimum atomic E-state index is -4.11. The molecule has 3 nitrogen and oxygen atoms in total. The van der Waals surface area contributed by atoms with Crippen molar-refractivity contribution >= 4 is 17.4 Å². The fourth-order valence-corrected chi connectivity index (χ4v) is 1.11. The molecule has 0 bridgehead atoms. The van der Waals surface area contributed by atoms with Crippen molar-refractivity contribution < 1.29 is 13.2 Å². The van der Waals surface area contributed by atoms with Gasteiger partial charge in [0.05, 0.1) is 6.20 Å². The highest BCUT2D eigenvalue weighted by molar-refractivity contribution is 6.32. The Morgan fingerprint density at radius 3 is 2.73 bits per heavy atom. The van der Waals surface area contributed by atoms with Gasteiger partial charge in [0.2, 0.25) is 0 Å². The van der Waals surface area contributed by atoms with E-state index in [0.29, 0.717) is 10.8 Å². The Morgan fingerprint density at radius 2 is 2.13 bits per heavy atom. The van der Waals surface area contributed by atoms with E-state index >= 15 is 0 Å². The van der Waals surface area contributed by atoms with Gasteiger partial charge in [-0.05, 0) is 6.42 Å². The maximum Gasteiger partial charge on any atom is 0.389 e. The Balaban J connectivity index is 2.30. The molecule has 1 N–H and O–H groups in total. The number of nitrogens with one attached hydrogen (secondary N) is 1. The average Bonchev–Trinajstić information content (AvgIpc) is 2.13. The van der Waals surface area contributed by atoms with Gasteiger partial charge in [-0.1, -0.05) is 11.6 Å². The molecule has 15 heavy (non-hydrogen) atoms. The van der Waals surface area contributed by atoms with Crippen LogP contribution in [0.2, 0.25) is 5.02 Å². The maximum absolute atomic E-state index is 11.8. The Bertz CT molecular complexity index is 316. The lowest BCUT2D eigenvalue weighted by Crippen LogP contribution is -2.11. The number of rotatable bonds is 4. The molecule has 0 atom stereocenters. The van der Waals surface area contributed by atoms with Crippen molar-refractivity contribution in [2.75, 3.05) is 11.9 Å². The molecular formula is C8H9ClF3N3. The van der Waals surface area contributed by atoms with Crippen LogP contribution in [0.5, 0.6) is 0 Å². The van der Waals surface area contributed by atoms with Gasteiger partial charge in [-0.25, -0.2) is 9.97 Å². The summed E-state index contributed by atoms with van der Waals surface area (Å²) in [6, 6.07) is 0. The molecule has 0 aliphatic carbocycles. The monoisotopic (exact) mass is 239 g/mol. The van der Waals surface area contributed by atoms with Crippen LogP contribution in [0.25, 0.3) is 0 Å². The maximum atomic E-state index is 11.8. The van der Waals surface area contributed by atoms with Gasteiger partial charge >= 0.3 is 6.18 Å². The van der Waals surface area contributed by atoms with Gasteiger partial charge < -0.3 is 5.32 Å². The van der Waals surface area contributed by atoms with Crippen LogP contribution in [0.4, 0.5) is 19.0 Å². The Labute approximate surface area is 89.7 Å². The zero-order chi connectivity index (χ0) is 11.3. The van der Waals surface area contributed by atoms with Crippen LogP contribution in [0.3, 0.4) is 0 Å². The summed E-state index contributed by atoms with van der Waals surface area (Å²) in [4.78, 5) is 7.43. The Hall–Kier alpha value is -1.04. The Morgan fingerprint density at radius 1 is 1.40 bits per heavy atom. The molecule has 0 unspecified atom stereocenters. The first kappa shape index (κ1) is 12.0. The van der Waals surface area contributed by atoms with Gasteiger partial charge in [-0.2, -0.15) is 13.2 Å². The number of anilines is 1. The molecule has 0 radical (unpaired) electrons.